The van der Waals surface area contributed by atoms with Crippen LogP contribution in [0.4, 0.5) is 0 Å². The average molecular weight is 413 g/mol. The molecule has 0 saturated carbocycles. The molecular weight excluding hydrogens is 390 g/mol. The van der Waals surface area contributed by atoms with Crippen LogP contribution in [0.5, 0.6) is 17.2 Å². The Morgan fingerprint density at radius 1 is 1.17 bits per heavy atom. The monoisotopic (exact) mass is 413 g/mol. The van der Waals surface area contributed by atoms with Crippen LogP contribution in [0.15, 0.2) is 42.5 Å². The van der Waals surface area contributed by atoms with Crippen molar-refractivity contribution in [3.63, 3.8) is 0 Å². The molecule has 1 amide bonds. The van der Waals surface area contributed by atoms with Gasteiger partial charge >= 0.3 is 0 Å². The summed E-state index contributed by atoms with van der Waals surface area (Å²) in [6, 6.07) is 13.5. The van der Waals surface area contributed by atoms with Crippen LogP contribution in [0.2, 0.25) is 0 Å². The van der Waals surface area contributed by atoms with E-state index in [1.54, 1.807) is 19.1 Å². The van der Waals surface area contributed by atoms with Crippen molar-refractivity contribution in [1.82, 2.24) is 4.90 Å². The van der Waals surface area contributed by atoms with E-state index in [-0.39, 0.29) is 19.1 Å². The van der Waals surface area contributed by atoms with E-state index in [1.165, 1.54) is 11.3 Å². The Morgan fingerprint density at radius 3 is 2.76 bits per heavy atom. The minimum atomic E-state index is -0.740. The molecule has 1 aliphatic rings. The summed E-state index contributed by atoms with van der Waals surface area (Å²) < 4.78 is 17.5. The van der Waals surface area contributed by atoms with Gasteiger partial charge in [0.2, 0.25) is 0 Å². The number of methoxy groups -OCH3 is 2. The molecule has 3 aromatic rings. The minimum absolute atomic E-state index is 0.111. The molecule has 0 radical (unpaired) electrons. The van der Waals surface area contributed by atoms with Crippen molar-refractivity contribution in [2.75, 3.05) is 33.9 Å². The number of aliphatic hydroxyl groups is 1. The van der Waals surface area contributed by atoms with Crippen molar-refractivity contribution in [2.45, 2.75) is 12.5 Å². The van der Waals surface area contributed by atoms with Crippen molar-refractivity contribution in [1.29, 1.82) is 0 Å². The van der Waals surface area contributed by atoms with Gasteiger partial charge in [0.15, 0.2) is 17.2 Å². The molecule has 0 saturated heterocycles. The third-order valence-electron chi connectivity index (χ3n) is 5.00. The second-order valence-electron chi connectivity index (χ2n) is 6.91. The van der Waals surface area contributed by atoms with Crippen LogP contribution in [-0.2, 0) is 6.42 Å². The van der Waals surface area contributed by atoms with Crippen molar-refractivity contribution >= 4 is 27.3 Å². The van der Waals surface area contributed by atoms with Crippen molar-refractivity contribution in [2.24, 2.45) is 0 Å². The largest absolute Gasteiger partial charge is 0.493 e. The summed E-state index contributed by atoms with van der Waals surface area (Å²) in [6.45, 7) is 0.882. The highest BCUT2D eigenvalue weighted by Crippen LogP contribution is 2.39. The van der Waals surface area contributed by atoms with E-state index in [0.29, 0.717) is 35.1 Å². The summed E-state index contributed by atoms with van der Waals surface area (Å²) in [5.74, 6) is 1.79. The number of hydrogen-bond acceptors (Lipinski definition) is 6. The maximum atomic E-state index is 13.3. The minimum Gasteiger partial charge on any atom is -0.493 e. The molecule has 2 heterocycles. The maximum absolute atomic E-state index is 13.3. The second kappa shape index (κ2) is 8.31. The fourth-order valence-corrected chi connectivity index (χ4v) is 4.63. The van der Waals surface area contributed by atoms with Gasteiger partial charge in [-0.1, -0.05) is 18.2 Å². The highest BCUT2D eigenvalue weighted by Gasteiger charge is 2.29. The molecule has 0 bridgehead atoms. The van der Waals surface area contributed by atoms with E-state index in [4.69, 9.17) is 14.2 Å². The Kier molecular flexibility index (Phi) is 5.60. The zero-order chi connectivity index (χ0) is 20.4. The fraction of sp³-hybridized carbons (Fsp3) is 0.318. The molecule has 0 spiro atoms. The first-order valence-electron chi connectivity index (χ1n) is 9.43. The summed E-state index contributed by atoms with van der Waals surface area (Å²) in [5, 5.41) is 11.2. The van der Waals surface area contributed by atoms with Crippen LogP contribution in [0.25, 0.3) is 10.1 Å². The molecular formula is C22H23NO5S. The maximum Gasteiger partial charge on any atom is 0.267 e. The van der Waals surface area contributed by atoms with Crippen LogP contribution in [-0.4, -0.2) is 55.9 Å². The van der Waals surface area contributed by atoms with Gasteiger partial charge in [0.1, 0.15) is 17.6 Å². The van der Waals surface area contributed by atoms with Crippen LogP contribution in [0.1, 0.15) is 15.2 Å². The molecule has 1 aliphatic heterocycles. The molecule has 1 atom stereocenters. The summed E-state index contributed by atoms with van der Waals surface area (Å²) in [5.41, 5.74) is 1.03. The molecule has 1 N–H and O–H groups in total. The van der Waals surface area contributed by atoms with E-state index in [0.717, 1.165) is 15.6 Å². The van der Waals surface area contributed by atoms with E-state index >= 15 is 0 Å². The van der Waals surface area contributed by atoms with E-state index in [2.05, 4.69) is 0 Å². The molecule has 1 aromatic heterocycles. The predicted octanol–water partition coefficient (Wildman–Crippen LogP) is 3.36. The SMILES string of the molecule is COc1ccc(CCN2CC(O)COc3c(sc4ccccc34)C2=O)cc1OC. The normalized spacial score (nSPS) is 16.7. The molecule has 152 valence electrons. The van der Waals surface area contributed by atoms with Gasteiger partial charge in [0.05, 0.1) is 20.8 Å². The van der Waals surface area contributed by atoms with Gasteiger partial charge in [0.25, 0.3) is 5.91 Å². The number of benzene rings is 2. The van der Waals surface area contributed by atoms with Crippen molar-refractivity contribution < 1.29 is 24.1 Å². The number of aliphatic hydroxyl groups excluding tert-OH is 1. The summed E-state index contributed by atoms with van der Waals surface area (Å²) in [4.78, 5) is 15.5. The zero-order valence-corrected chi connectivity index (χ0v) is 17.2. The number of hydrogen-bond donors (Lipinski definition) is 1. The number of nitrogens with zero attached hydrogens (tertiary/aromatic N) is 1. The van der Waals surface area contributed by atoms with Crippen LogP contribution in [0.3, 0.4) is 0 Å². The standard InChI is InChI=1S/C22H23NO5S/c1-26-17-8-7-14(11-18(17)27-2)9-10-23-12-15(24)13-28-20-16-5-3-4-6-19(16)29-21(20)22(23)25/h3-8,11,15,24H,9-10,12-13H2,1-2H3. The Hall–Kier alpha value is -2.77. The third-order valence-corrected chi connectivity index (χ3v) is 6.14. The Labute approximate surface area is 173 Å². The van der Waals surface area contributed by atoms with Crippen molar-refractivity contribution in [3.05, 3.63) is 52.9 Å². The van der Waals surface area contributed by atoms with Gasteiger partial charge in [-0.2, -0.15) is 0 Å². The lowest BCUT2D eigenvalue weighted by atomic mass is 10.1. The lowest BCUT2D eigenvalue weighted by Gasteiger charge is -2.28. The molecule has 1 unspecified atom stereocenters. The van der Waals surface area contributed by atoms with E-state index < -0.39 is 6.10 Å². The molecule has 0 aliphatic carbocycles. The average Bonchev–Trinajstić information content (AvgIpc) is 3.11. The molecule has 2 aromatic carbocycles. The first kappa shape index (κ1) is 19.5. The van der Waals surface area contributed by atoms with Gasteiger partial charge in [-0.25, -0.2) is 0 Å². The lowest BCUT2D eigenvalue weighted by Crippen LogP contribution is -2.42. The second-order valence-corrected chi connectivity index (χ2v) is 7.96. The first-order valence-corrected chi connectivity index (χ1v) is 10.2. The number of ether oxygens (including phenoxy) is 3. The molecule has 0 fully saturated rings. The van der Waals surface area contributed by atoms with Gasteiger partial charge < -0.3 is 24.2 Å². The highest BCUT2D eigenvalue weighted by atomic mass is 32.1. The summed E-state index contributed by atoms with van der Waals surface area (Å²) in [6.07, 6.45) is -0.101. The lowest BCUT2D eigenvalue weighted by molar-refractivity contribution is 0.0453. The fourth-order valence-electron chi connectivity index (χ4n) is 3.51. The number of carbonyl (C=O) groups excluding carboxylic acids is 1. The molecule has 29 heavy (non-hydrogen) atoms. The number of rotatable bonds is 5. The Bertz CT molecular complexity index is 1030. The number of fused-ring (bicyclic) bond motifs is 3. The Morgan fingerprint density at radius 2 is 1.97 bits per heavy atom. The van der Waals surface area contributed by atoms with Crippen LogP contribution < -0.4 is 14.2 Å². The van der Waals surface area contributed by atoms with Crippen LogP contribution in [0, 0.1) is 0 Å². The predicted molar refractivity (Wildman–Crippen MR) is 112 cm³/mol. The Balaban J connectivity index is 1.59. The number of carbonyl (C=O) groups is 1. The zero-order valence-electron chi connectivity index (χ0n) is 16.4. The number of β-amino-alcohol motifs (C(OH)–C–C–N with tert-alkyl or cyclic N) is 1. The first-order chi connectivity index (χ1) is 14.1. The van der Waals surface area contributed by atoms with Gasteiger partial charge in [-0.05, 0) is 36.2 Å². The van der Waals surface area contributed by atoms with Crippen LogP contribution >= 0.6 is 11.3 Å². The molecule has 7 heteroatoms. The topological polar surface area (TPSA) is 68.2 Å². The number of amides is 1. The quantitative estimate of drug-likeness (QED) is 0.695. The molecule has 6 nitrogen and oxygen atoms in total. The van der Waals surface area contributed by atoms with Crippen molar-refractivity contribution in [3.8, 4) is 17.2 Å². The van der Waals surface area contributed by atoms with E-state index in [9.17, 15) is 9.90 Å². The van der Waals surface area contributed by atoms with Gasteiger partial charge in [-0.15, -0.1) is 11.3 Å². The molecule has 4 rings (SSSR count). The highest BCUT2D eigenvalue weighted by molar-refractivity contribution is 7.21. The smallest absolute Gasteiger partial charge is 0.267 e. The van der Waals surface area contributed by atoms with Gasteiger partial charge in [0, 0.05) is 16.6 Å². The van der Waals surface area contributed by atoms with E-state index in [1.807, 2.05) is 42.5 Å². The summed E-state index contributed by atoms with van der Waals surface area (Å²) in [7, 11) is 3.20. The van der Waals surface area contributed by atoms with Gasteiger partial charge in [-0.3, -0.25) is 4.79 Å². The number of thiophene rings is 1. The third kappa shape index (κ3) is 3.88. The summed E-state index contributed by atoms with van der Waals surface area (Å²) >= 11 is 1.43.